The van der Waals surface area contributed by atoms with Crippen LogP contribution in [0.4, 0.5) is 8.78 Å². The van der Waals surface area contributed by atoms with Crippen LogP contribution in [0.1, 0.15) is 16.7 Å². The smallest absolute Gasteiger partial charge is 0.387 e. The second kappa shape index (κ2) is 9.27. The van der Waals surface area contributed by atoms with Crippen LogP contribution in [0.2, 0.25) is 0 Å². The zero-order valence-corrected chi connectivity index (χ0v) is 18.7. The van der Waals surface area contributed by atoms with Crippen LogP contribution in [-0.2, 0) is 0 Å². The molecule has 0 bridgehead atoms. The molecule has 0 amide bonds. The number of imidazole rings is 1. The summed E-state index contributed by atoms with van der Waals surface area (Å²) in [6.45, 7) is -2.95. The number of para-hydroxylation sites is 2. The molecule has 0 atom stereocenters. The molecular formula is C28H19F2N3O2. The van der Waals surface area contributed by atoms with E-state index in [9.17, 15) is 14.0 Å². The molecule has 7 heteroatoms. The van der Waals surface area contributed by atoms with Gasteiger partial charge in [-0.3, -0.25) is 4.40 Å². The van der Waals surface area contributed by atoms with Gasteiger partial charge in [0, 0.05) is 0 Å². The molecule has 0 radical (unpaired) electrons. The molecular weight excluding hydrogens is 448 g/mol. The molecule has 5 rings (SSSR count). The molecule has 0 N–H and O–H groups in total. The molecule has 3 aromatic carbocycles. The lowest BCUT2D eigenvalue weighted by Gasteiger charge is -2.11. The largest absolute Gasteiger partial charge is 0.493 e. The second-order valence-corrected chi connectivity index (χ2v) is 7.72. The highest BCUT2D eigenvalue weighted by atomic mass is 19.3. The average Bonchev–Trinajstić information content (AvgIpc) is 3.27. The molecule has 0 aliphatic carbocycles. The van der Waals surface area contributed by atoms with Gasteiger partial charge in [0.1, 0.15) is 11.6 Å². The van der Waals surface area contributed by atoms with Crippen LogP contribution >= 0.6 is 0 Å². The Morgan fingerprint density at radius 1 is 0.943 bits per heavy atom. The lowest BCUT2D eigenvalue weighted by molar-refractivity contribution is -0.0512. The molecule has 0 spiro atoms. The van der Waals surface area contributed by atoms with Crippen LogP contribution in [-0.4, -0.2) is 23.1 Å². The van der Waals surface area contributed by atoms with E-state index in [0.29, 0.717) is 22.3 Å². The van der Waals surface area contributed by atoms with E-state index in [4.69, 9.17) is 9.72 Å². The number of rotatable bonds is 6. The Hall–Kier alpha value is -4.70. The minimum absolute atomic E-state index is 0.0470. The normalized spacial score (nSPS) is 11.4. The molecule has 2 heterocycles. The summed E-state index contributed by atoms with van der Waals surface area (Å²) in [6.07, 6.45) is 3.60. The van der Waals surface area contributed by atoms with Gasteiger partial charge in [-0.25, -0.2) is 4.98 Å². The monoisotopic (exact) mass is 467 g/mol. The summed E-state index contributed by atoms with van der Waals surface area (Å²) >= 11 is 0. The van der Waals surface area contributed by atoms with E-state index in [2.05, 4.69) is 10.8 Å². The van der Waals surface area contributed by atoms with Gasteiger partial charge in [0.25, 0.3) is 0 Å². The molecule has 5 nitrogen and oxygen atoms in total. The zero-order valence-electron chi connectivity index (χ0n) is 18.7. The minimum atomic E-state index is -2.95. The molecule has 35 heavy (non-hydrogen) atoms. The van der Waals surface area contributed by atoms with Crippen molar-refractivity contribution in [1.29, 1.82) is 5.26 Å². The fraction of sp³-hybridized carbons (Fsp3) is 0.0714. The van der Waals surface area contributed by atoms with Crippen molar-refractivity contribution in [3.05, 3.63) is 95.6 Å². The third kappa shape index (κ3) is 4.18. The van der Waals surface area contributed by atoms with E-state index in [1.807, 2.05) is 71.1 Å². The maximum atomic E-state index is 12.6. The van der Waals surface area contributed by atoms with Crippen LogP contribution in [0.3, 0.4) is 0 Å². The summed E-state index contributed by atoms with van der Waals surface area (Å²) in [7, 11) is 1.39. The third-order valence-electron chi connectivity index (χ3n) is 5.65. The van der Waals surface area contributed by atoms with Crippen molar-refractivity contribution in [3.63, 3.8) is 0 Å². The zero-order chi connectivity index (χ0) is 24.4. The lowest BCUT2D eigenvalue weighted by Crippen LogP contribution is -2.03. The molecule has 5 aromatic rings. The second-order valence-electron chi connectivity index (χ2n) is 7.72. The van der Waals surface area contributed by atoms with Gasteiger partial charge in [-0.05, 0) is 47.0 Å². The number of alkyl halides is 2. The highest BCUT2D eigenvalue weighted by Crippen LogP contribution is 2.32. The number of ether oxygens (including phenoxy) is 2. The quantitative estimate of drug-likeness (QED) is 0.275. The van der Waals surface area contributed by atoms with Gasteiger partial charge >= 0.3 is 6.61 Å². The van der Waals surface area contributed by atoms with E-state index < -0.39 is 6.61 Å². The molecule has 0 saturated heterocycles. The topological polar surface area (TPSA) is 59.5 Å². The van der Waals surface area contributed by atoms with E-state index >= 15 is 0 Å². The van der Waals surface area contributed by atoms with Crippen molar-refractivity contribution in [1.82, 2.24) is 9.38 Å². The molecule has 0 fully saturated rings. The number of methoxy groups -OCH3 is 1. The summed E-state index contributed by atoms with van der Waals surface area (Å²) in [6, 6.07) is 26.6. The molecule has 0 saturated carbocycles. The first-order valence-electron chi connectivity index (χ1n) is 10.8. The summed E-state index contributed by atoms with van der Waals surface area (Å²) in [5, 5.41) is 10.1. The van der Waals surface area contributed by atoms with Gasteiger partial charge in [0.2, 0.25) is 0 Å². The Balaban J connectivity index is 1.68. The van der Waals surface area contributed by atoms with Crippen molar-refractivity contribution >= 4 is 28.8 Å². The van der Waals surface area contributed by atoms with Crippen molar-refractivity contribution in [3.8, 4) is 28.8 Å². The number of benzene rings is 3. The fourth-order valence-electron chi connectivity index (χ4n) is 4.09. The highest BCUT2D eigenvalue weighted by Gasteiger charge is 2.17. The van der Waals surface area contributed by atoms with Crippen LogP contribution in [0.5, 0.6) is 11.5 Å². The van der Waals surface area contributed by atoms with E-state index in [1.165, 1.54) is 13.2 Å². The Morgan fingerprint density at radius 3 is 2.46 bits per heavy atom. The van der Waals surface area contributed by atoms with Crippen LogP contribution < -0.4 is 9.47 Å². The number of aromatic nitrogens is 2. The molecule has 0 aliphatic heterocycles. The summed E-state index contributed by atoms with van der Waals surface area (Å²) < 4.78 is 37.0. The highest BCUT2D eigenvalue weighted by molar-refractivity contribution is 5.89. The van der Waals surface area contributed by atoms with Gasteiger partial charge in [0.15, 0.2) is 17.1 Å². The maximum Gasteiger partial charge on any atom is 0.387 e. The van der Waals surface area contributed by atoms with Gasteiger partial charge in [-0.1, -0.05) is 60.7 Å². The van der Waals surface area contributed by atoms with Crippen molar-refractivity contribution in [2.24, 2.45) is 0 Å². The Kier molecular flexibility index (Phi) is 5.86. The van der Waals surface area contributed by atoms with Gasteiger partial charge in [-0.2, -0.15) is 14.0 Å². The van der Waals surface area contributed by atoms with Crippen molar-refractivity contribution < 1.29 is 18.3 Å². The first-order valence-corrected chi connectivity index (χ1v) is 10.8. The van der Waals surface area contributed by atoms with Crippen LogP contribution in [0.25, 0.3) is 40.1 Å². The Morgan fingerprint density at radius 2 is 1.71 bits per heavy atom. The number of hydrogen-bond acceptors (Lipinski definition) is 4. The third-order valence-corrected chi connectivity index (χ3v) is 5.65. The number of halogens is 2. The first kappa shape index (κ1) is 22.1. The van der Waals surface area contributed by atoms with Gasteiger partial charge in [-0.15, -0.1) is 0 Å². The minimum Gasteiger partial charge on any atom is -0.493 e. The van der Waals surface area contributed by atoms with Gasteiger partial charge < -0.3 is 9.47 Å². The molecule has 172 valence electrons. The van der Waals surface area contributed by atoms with Crippen molar-refractivity contribution in [2.75, 3.05) is 7.11 Å². The Labute approximate surface area is 200 Å². The first-order chi connectivity index (χ1) is 17.1. The van der Waals surface area contributed by atoms with E-state index in [0.717, 1.165) is 22.3 Å². The maximum absolute atomic E-state index is 12.6. The number of nitrogens with zero attached hydrogens (tertiary/aromatic N) is 3. The molecule has 0 unspecified atom stereocenters. The van der Waals surface area contributed by atoms with E-state index in [1.54, 1.807) is 18.2 Å². The van der Waals surface area contributed by atoms with Crippen molar-refractivity contribution in [2.45, 2.75) is 6.61 Å². The lowest BCUT2D eigenvalue weighted by atomic mass is 10.0. The SMILES string of the molecule is COc1cc(C=Cc2cc(-c3ccccc3)n3c(nc4ccccc43)c2C#N)ccc1OC(F)F. The number of fused-ring (bicyclic) bond motifs is 3. The predicted octanol–water partition coefficient (Wildman–Crippen LogP) is 6.81. The summed E-state index contributed by atoms with van der Waals surface area (Å²) in [5.74, 6) is 0.141. The molecule has 2 aromatic heterocycles. The van der Waals surface area contributed by atoms with E-state index in [-0.39, 0.29) is 11.5 Å². The fourth-order valence-corrected chi connectivity index (χ4v) is 4.09. The number of pyridine rings is 1. The van der Waals surface area contributed by atoms with Crippen LogP contribution in [0.15, 0.2) is 78.9 Å². The Bertz CT molecular complexity index is 1600. The average molecular weight is 467 g/mol. The number of nitriles is 1. The van der Waals surface area contributed by atoms with Gasteiger partial charge in [0.05, 0.1) is 23.8 Å². The molecule has 0 aliphatic rings. The standard InChI is InChI=1S/C28H19F2N3O2/c1-34-26-15-18(12-14-25(26)35-28(29)30)11-13-20-16-24(19-7-3-2-4-8-19)33-23-10-6-5-9-22(23)32-27(33)21(20)17-31/h2-16,28H,1H3. The number of hydrogen-bond donors (Lipinski definition) is 0. The predicted molar refractivity (Wildman–Crippen MR) is 131 cm³/mol. The summed E-state index contributed by atoms with van der Waals surface area (Å²) in [4.78, 5) is 4.75. The van der Waals surface area contributed by atoms with Crippen LogP contribution in [0, 0.1) is 11.3 Å². The summed E-state index contributed by atoms with van der Waals surface area (Å²) in [5.41, 5.74) is 5.95.